The van der Waals surface area contributed by atoms with Crippen LogP contribution in [0, 0.1) is 6.92 Å². The molecular weight excluding hydrogens is 356 g/mol. The molecule has 0 aliphatic heterocycles. The van der Waals surface area contributed by atoms with E-state index < -0.39 is 0 Å². The molecule has 0 amide bonds. The molecule has 0 bridgehead atoms. The molecule has 1 N–H and O–H groups in total. The minimum atomic E-state index is 0.151. The molecule has 2 heterocycles. The van der Waals surface area contributed by atoms with Gasteiger partial charge < -0.3 is 14.8 Å². The summed E-state index contributed by atoms with van der Waals surface area (Å²) in [4.78, 5) is 4.64. The van der Waals surface area contributed by atoms with E-state index in [-0.39, 0.29) is 6.04 Å². The van der Waals surface area contributed by atoms with Gasteiger partial charge in [-0.05, 0) is 72.0 Å². The van der Waals surface area contributed by atoms with Crippen molar-refractivity contribution in [3.8, 4) is 11.5 Å². The highest BCUT2D eigenvalue weighted by molar-refractivity contribution is 7.07. The van der Waals surface area contributed by atoms with Crippen LogP contribution in [0.1, 0.15) is 35.3 Å². The number of methoxy groups -OCH3 is 1. The van der Waals surface area contributed by atoms with Crippen molar-refractivity contribution < 1.29 is 9.47 Å². The standard InChI is InChI=1S/C22H26N2O2S/c1-4-26-22-12-17(6-8-21(22)25-3)14-24-20(11-18-9-10-27-15-18)19-7-5-16(2)13-23-19/h5-10,12-13,15,20,24H,4,11,14H2,1-3H3/t20-/m0/s1. The summed E-state index contributed by atoms with van der Waals surface area (Å²) in [6.45, 7) is 5.38. The zero-order chi connectivity index (χ0) is 19.1. The van der Waals surface area contributed by atoms with Crippen LogP contribution in [-0.2, 0) is 13.0 Å². The molecule has 0 aliphatic carbocycles. The number of rotatable bonds is 9. The van der Waals surface area contributed by atoms with Crippen LogP contribution in [0.15, 0.2) is 53.4 Å². The lowest BCUT2D eigenvalue weighted by Gasteiger charge is -2.19. The summed E-state index contributed by atoms with van der Waals surface area (Å²) in [6, 6.07) is 12.6. The number of aromatic nitrogens is 1. The minimum absolute atomic E-state index is 0.151. The Hall–Kier alpha value is -2.37. The Morgan fingerprint density at radius 2 is 2.00 bits per heavy atom. The van der Waals surface area contributed by atoms with Gasteiger partial charge >= 0.3 is 0 Å². The van der Waals surface area contributed by atoms with Crippen LogP contribution in [0.2, 0.25) is 0 Å². The molecule has 0 unspecified atom stereocenters. The topological polar surface area (TPSA) is 43.4 Å². The number of pyridine rings is 1. The Balaban J connectivity index is 1.76. The van der Waals surface area contributed by atoms with E-state index in [1.54, 1.807) is 18.4 Å². The van der Waals surface area contributed by atoms with Crippen LogP contribution in [0.5, 0.6) is 11.5 Å². The second-order valence-corrected chi connectivity index (χ2v) is 7.23. The molecule has 0 saturated heterocycles. The van der Waals surface area contributed by atoms with Crippen LogP contribution in [-0.4, -0.2) is 18.7 Å². The summed E-state index contributed by atoms with van der Waals surface area (Å²) in [7, 11) is 1.66. The van der Waals surface area contributed by atoms with Crippen LogP contribution >= 0.6 is 11.3 Å². The lowest BCUT2D eigenvalue weighted by atomic mass is 10.0. The first-order chi connectivity index (χ1) is 13.2. The molecule has 0 spiro atoms. The van der Waals surface area contributed by atoms with Gasteiger partial charge in [-0.25, -0.2) is 0 Å². The summed E-state index contributed by atoms with van der Waals surface area (Å²) in [5, 5.41) is 7.98. The number of benzene rings is 1. The monoisotopic (exact) mass is 382 g/mol. The molecule has 2 aromatic heterocycles. The van der Waals surface area contributed by atoms with Crippen molar-refractivity contribution >= 4 is 11.3 Å². The second kappa shape index (κ2) is 9.53. The molecule has 1 aromatic carbocycles. The van der Waals surface area contributed by atoms with Crippen molar-refractivity contribution in [2.75, 3.05) is 13.7 Å². The third-order valence-electron chi connectivity index (χ3n) is 4.39. The van der Waals surface area contributed by atoms with Crippen molar-refractivity contribution in [1.82, 2.24) is 10.3 Å². The highest BCUT2D eigenvalue weighted by Crippen LogP contribution is 2.28. The first-order valence-electron chi connectivity index (χ1n) is 9.16. The maximum Gasteiger partial charge on any atom is 0.161 e. The maximum atomic E-state index is 5.69. The van der Waals surface area contributed by atoms with Crippen molar-refractivity contribution in [2.45, 2.75) is 32.9 Å². The Bertz CT molecular complexity index is 832. The van der Waals surface area contributed by atoms with Gasteiger partial charge in [-0.2, -0.15) is 11.3 Å². The van der Waals surface area contributed by atoms with Gasteiger partial charge in [0.05, 0.1) is 25.5 Å². The van der Waals surface area contributed by atoms with E-state index in [9.17, 15) is 0 Å². The number of ether oxygens (including phenoxy) is 2. The summed E-state index contributed by atoms with van der Waals surface area (Å²) >= 11 is 1.73. The zero-order valence-electron chi connectivity index (χ0n) is 16.1. The minimum Gasteiger partial charge on any atom is -0.493 e. The summed E-state index contributed by atoms with van der Waals surface area (Å²) in [5.41, 5.74) is 4.71. The zero-order valence-corrected chi connectivity index (χ0v) is 16.9. The van der Waals surface area contributed by atoms with E-state index in [2.05, 4.69) is 52.3 Å². The number of thiophene rings is 1. The van der Waals surface area contributed by atoms with Crippen LogP contribution in [0.25, 0.3) is 0 Å². The van der Waals surface area contributed by atoms with Gasteiger partial charge in [0.15, 0.2) is 11.5 Å². The van der Waals surface area contributed by atoms with Crippen molar-refractivity contribution in [2.24, 2.45) is 0 Å². The van der Waals surface area contributed by atoms with E-state index in [0.717, 1.165) is 35.7 Å². The molecular formula is C22H26N2O2S. The third kappa shape index (κ3) is 5.31. The van der Waals surface area contributed by atoms with Crippen molar-refractivity contribution in [3.05, 3.63) is 75.7 Å². The number of aryl methyl sites for hydroxylation is 1. The fraction of sp³-hybridized carbons (Fsp3) is 0.318. The van der Waals surface area contributed by atoms with Crippen LogP contribution in [0.4, 0.5) is 0 Å². The predicted molar refractivity (Wildman–Crippen MR) is 111 cm³/mol. The SMILES string of the molecule is CCOc1cc(CN[C@@H](Cc2ccsc2)c2ccc(C)cn2)ccc1OC. The van der Waals surface area contributed by atoms with E-state index >= 15 is 0 Å². The molecule has 3 aromatic rings. The molecule has 0 fully saturated rings. The highest BCUT2D eigenvalue weighted by Gasteiger charge is 2.14. The Labute approximate surface area is 165 Å². The summed E-state index contributed by atoms with van der Waals surface area (Å²) in [5.74, 6) is 1.54. The lowest BCUT2D eigenvalue weighted by Crippen LogP contribution is -2.23. The number of hydrogen-bond donors (Lipinski definition) is 1. The molecule has 1 atom stereocenters. The predicted octanol–water partition coefficient (Wildman–Crippen LogP) is 4.93. The van der Waals surface area contributed by atoms with E-state index in [1.807, 2.05) is 25.3 Å². The lowest BCUT2D eigenvalue weighted by molar-refractivity contribution is 0.310. The third-order valence-corrected chi connectivity index (χ3v) is 5.12. The Morgan fingerprint density at radius 3 is 2.67 bits per heavy atom. The van der Waals surface area contributed by atoms with Gasteiger partial charge in [0.25, 0.3) is 0 Å². The molecule has 142 valence electrons. The van der Waals surface area contributed by atoms with Crippen LogP contribution in [0.3, 0.4) is 0 Å². The van der Waals surface area contributed by atoms with E-state index in [1.165, 1.54) is 11.1 Å². The fourth-order valence-electron chi connectivity index (χ4n) is 2.95. The van der Waals surface area contributed by atoms with Crippen LogP contribution < -0.4 is 14.8 Å². The number of hydrogen-bond acceptors (Lipinski definition) is 5. The average molecular weight is 383 g/mol. The fourth-order valence-corrected chi connectivity index (χ4v) is 3.63. The normalized spacial score (nSPS) is 12.0. The van der Waals surface area contributed by atoms with Gasteiger partial charge in [0, 0.05) is 12.7 Å². The second-order valence-electron chi connectivity index (χ2n) is 6.45. The molecule has 0 saturated carbocycles. The molecule has 5 heteroatoms. The van der Waals surface area contributed by atoms with Crippen molar-refractivity contribution in [3.63, 3.8) is 0 Å². The molecule has 27 heavy (non-hydrogen) atoms. The van der Waals surface area contributed by atoms with Gasteiger partial charge in [0.2, 0.25) is 0 Å². The Kier molecular flexibility index (Phi) is 6.85. The number of nitrogens with one attached hydrogen (secondary N) is 1. The first kappa shape index (κ1) is 19.4. The van der Waals surface area contributed by atoms with E-state index in [4.69, 9.17) is 9.47 Å². The molecule has 3 rings (SSSR count). The smallest absolute Gasteiger partial charge is 0.161 e. The molecule has 0 radical (unpaired) electrons. The highest BCUT2D eigenvalue weighted by atomic mass is 32.1. The maximum absolute atomic E-state index is 5.69. The summed E-state index contributed by atoms with van der Waals surface area (Å²) < 4.78 is 11.1. The quantitative estimate of drug-likeness (QED) is 0.570. The first-order valence-corrected chi connectivity index (χ1v) is 10.1. The van der Waals surface area contributed by atoms with E-state index in [0.29, 0.717) is 6.61 Å². The van der Waals surface area contributed by atoms with Gasteiger partial charge in [-0.15, -0.1) is 0 Å². The Morgan fingerprint density at radius 1 is 1.11 bits per heavy atom. The largest absolute Gasteiger partial charge is 0.493 e. The average Bonchev–Trinajstić information content (AvgIpc) is 3.19. The van der Waals surface area contributed by atoms with Gasteiger partial charge in [-0.3, -0.25) is 4.98 Å². The van der Waals surface area contributed by atoms with Gasteiger partial charge in [0.1, 0.15) is 0 Å². The molecule has 0 aliphatic rings. The molecule has 4 nitrogen and oxygen atoms in total. The van der Waals surface area contributed by atoms with Gasteiger partial charge in [-0.1, -0.05) is 12.1 Å². The summed E-state index contributed by atoms with van der Waals surface area (Å²) in [6.07, 6.45) is 2.84. The van der Waals surface area contributed by atoms with Crippen molar-refractivity contribution in [1.29, 1.82) is 0 Å². The number of nitrogens with zero attached hydrogens (tertiary/aromatic N) is 1.